The number of carbonyl (C=O) groups excluding carboxylic acids is 3. The van der Waals surface area contributed by atoms with E-state index in [1.54, 1.807) is 53.7 Å². The predicted molar refractivity (Wildman–Crippen MR) is 150 cm³/mol. The van der Waals surface area contributed by atoms with Gasteiger partial charge in [-0.15, -0.1) is 11.3 Å². The van der Waals surface area contributed by atoms with Gasteiger partial charge in [-0.3, -0.25) is 19.4 Å². The quantitative estimate of drug-likeness (QED) is 0.311. The first-order chi connectivity index (χ1) is 19.0. The van der Waals surface area contributed by atoms with Gasteiger partial charge in [0.15, 0.2) is 0 Å². The third-order valence-electron chi connectivity index (χ3n) is 6.79. The second-order valence-electron chi connectivity index (χ2n) is 9.61. The van der Waals surface area contributed by atoms with Gasteiger partial charge < -0.3 is 15.5 Å². The van der Waals surface area contributed by atoms with Gasteiger partial charge in [0.1, 0.15) is 16.7 Å². The summed E-state index contributed by atoms with van der Waals surface area (Å²) in [6, 6.07) is 16.9. The van der Waals surface area contributed by atoms with Crippen LogP contribution in [-0.4, -0.2) is 38.6 Å². The first-order valence-electron chi connectivity index (χ1n) is 12.6. The molecule has 8 nitrogen and oxygen atoms in total. The number of benzene rings is 1. The Balaban J connectivity index is 1.29. The van der Waals surface area contributed by atoms with E-state index in [1.165, 1.54) is 11.3 Å². The van der Waals surface area contributed by atoms with Crippen molar-refractivity contribution in [3.05, 3.63) is 105 Å². The number of amides is 3. The van der Waals surface area contributed by atoms with Crippen molar-refractivity contribution in [1.82, 2.24) is 14.9 Å². The van der Waals surface area contributed by atoms with Gasteiger partial charge in [0.05, 0.1) is 16.3 Å². The van der Waals surface area contributed by atoms with E-state index >= 15 is 0 Å². The zero-order valence-electron chi connectivity index (χ0n) is 20.8. The van der Waals surface area contributed by atoms with Crippen molar-refractivity contribution in [3.63, 3.8) is 0 Å². The minimum absolute atomic E-state index is 0.141. The monoisotopic (exact) mass is 557 g/mol. The van der Waals surface area contributed by atoms with E-state index in [1.807, 2.05) is 24.3 Å². The lowest BCUT2D eigenvalue weighted by Gasteiger charge is -2.28. The topological polar surface area (TPSA) is 104 Å². The molecule has 4 heterocycles. The van der Waals surface area contributed by atoms with E-state index in [0.717, 1.165) is 17.7 Å². The summed E-state index contributed by atoms with van der Waals surface area (Å²) in [5.41, 5.74) is 2.26. The summed E-state index contributed by atoms with van der Waals surface area (Å²) in [5.74, 6) is 0.0189. The molecule has 1 aromatic carbocycles. The maximum Gasteiger partial charge on any atom is 0.267 e. The Morgan fingerprint density at radius 1 is 1.05 bits per heavy atom. The molecule has 1 aliphatic carbocycles. The Morgan fingerprint density at radius 2 is 1.85 bits per heavy atom. The molecule has 10 heteroatoms. The molecule has 1 fully saturated rings. The van der Waals surface area contributed by atoms with Crippen molar-refractivity contribution >= 4 is 52.2 Å². The summed E-state index contributed by atoms with van der Waals surface area (Å²) < 4.78 is 0. The minimum Gasteiger partial charge on any atom is -0.323 e. The smallest absolute Gasteiger partial charge is 0.267 e. The third-order valence-corrected chi connectivity index (χ3v) is 8.39. The molecule has 2 N–H and O–H groups in total. The maximum absolute atomic E-state index is 13.9. The minimum atomic E-state index is -0.776. The number of anilines is 2. The first kappa shape index (κ1) is 25.2. The van der Waals surface area contributed by atoms with Crippen LogP contribution in [-0.2, 0) is 17.8 Å². The number of aromatic nitrogens is 2. The van der Waals surface area contributed by atoms with Crippen molar-refractivity contribution in [2.24, 2.45) is 0 Å². The Hall–Kier alpha value is -4.08. The summed E-state index contributed by atoms with van der Waals surface area (Å²) in [6.07, 6.45) is 5.73. The van der Waals surface area contributed by atoms with Crippen LogP contribution in [0.25, 0.3) is 0 Å². The summed E-state index contributed by atoms with van der Waals surface area (Å²) in [7, 11) is 0. The fourth-order valence-corrected chi connectivity index (χ4v) is 6.15. The fourth-order valence-electron chi connectivity index (χ4n) is 4.62. The highest BCUT2D eigenvalue weighted by molar-refractivity contribution is 7.14. The second-order valence-corrected chi connectivity index (χ2v) is 11.1. The molecular weight excluding hydrogens is 534 g/mol. The number of hydrogen-bond donors (Lipinski definition) is 2. The van der Waals surface area contributed by atoms with Crippen molar-refractivity contribution < 1.29 is 14.4 Å². The molecule has 4 aromatic rings. The van der Waals surface area contributed by atoms with Crippen molar-refractivity contribution in [3.8, 4) is 0 Å². The Kier molecular flexibility index (Phi) is 6.85. The predicted octanol–water partition coefficient (Wildman–Crippen LogP) is 5.53. The molecule has 1 unspecified atom stereocenters. The fraction of sp³-hybridized carbons (Fsp3) is 0.207. The number of nitrogens with zero attached hydrogens (tertiary/aromatic N) is 3. The van der Waals surface area contributed by atoms with Crippen molar-refractivity contribution in [2.75, 3.05) is 10.6 Å². The highest BCUT2D eigenvalue weighted by atomic mass is 35.5. The van der Waals surface area contributed by atoms with Gasteiger partial charge in [-0.2, -0.15) is 0 Å². The van der Waals surface area contributed by atoms with Crippen LogP contribution in [0.1, 0.15) is 54.9 Å². The number of halogens is 1. The molecular formula is C29H24ClN5O3S. The number of hydrogen-bond acceptors (Lipinski definition) is 6. The van der Waals surface area contributed by atoms with Gasteiger partial charge in [0, 0.05) is 35.9 Å². The molecule has 3 amide bonds. The SMILES string of the molecule is O=C(Nc1ccccn1)c1ccc(CN2C(=O)c3sc(C4CC4)cc3NC(=O)C2Cc2ccccn2)cc1Cl. The maximum atomic E-state index is 13.9. The van der Waals surface area contributed by atoms with Crippen molar-refractivity contribution in [2.45, 2.75) is 37.8 Å². The standard InChI is InChI=1S/C29H24ClN5O3S/c30-21-13-17(7-10-20(21)27(36)34-25-6-2-4-12-32-25)16-35-23(14-19-5-1-3-11-31-19)28(37)33-22-15-24(18-8-9-18)39-26(22)29(35)38/h1-7,10-13,15,18,23H,8-9,14,16H2,(H,33,37)(H,32,34,36). The van der Waals surface area contributed by atoms with E-state index in [0.29, 0.717) is 33.6 Å². The van der Waals surface area contributed by atoms with Crippen LogP contribution < -0.4 is 10.6 Å². The first-order valence-corrected chi connectivity index (χ1v) is 13.8. The van der Waals surface area contributed by atoms with E-state index in [2.05, 4.69) is 20.6 Å². The average Bonchev–Trinajstić information content (AvgIpc) is 3.72. The van der Waals surface area contributed by atoms with Crippen molar-refractivity contribution in [1.29, 1.82) is 0 Å². The molecule has 0 radical (unpaired) electrons. The molecule has 6 rings (SSSR count). The molecule has 0 saturated heterocycles. The van der Waals surface area contributed by atoms with E-state index in [4.69, 9.17) is 11.6 Å². The molecule has 1 saturated carbocycles. The number of carbonyl (C=O) groups is 3. The van der Waals surface area contributed by atoms with Gasteiger partial charge in [-0.25, -0.2) is 4.98 Å². The Morgan fingerprint density at radius 3 is 2.54 bits per heavy atom. The summed E-state index contributed by atoms with van der Waals surface area (Å²) in [5, 5.41) is 5.96. The zero-order chi connectivity index (χ0) is 26.9. The zero-order valence-corrected chi connectivity index (χ0v) is 22.3. The van der Waals surface area contributed by atoms with Crippen LogP contribution in [0.2, 0.25) is 5.02 Å². The van der Waals surface area contributed by atoms with Gasteiger partial charge in [-0.05, 0) is 66.8 Å². The van der Waals surface area contributed by atoms with Crippen LogP contribution in [0.15, 0.2) is 73.1 Å². The molecule has 196 valence electrons. The lowest BCUT2D eigenvalue weighted by Crippen LogP contribution is -2.46. The molecule has 3 aromatic heterocycles. The van der Waals surface area contributed by atoms with Gasteiger partial charge in [-0.1, -0.05) is 29.8 Å². The average molecular weight is 558 g/mol. The molecule has 0 spiro atoms. The lowest BCUT2D eigenvalue weighted by molar-refractivity contribution is -0.120. The number of rotatable bonds is 7. The van der Waals surface area contributed by atoms with Gasteiger partial charge in [0.2, 0.25) is 5.91 Å². The summed E-state index contributed by atoms with van der Waals surface area (Å²) in [4.78, 5) is 51.9. The number of fused-ring (bicyclic) bond motifs is 1. The highest BCUT2D eigenvalue weighted by Gasteiger charge is 2.38. The Labute approximate surface area is 234 Å². The number of nitrogens with one attached hydrogen (secondary N) is 2. The van der Waals surface area contributed by atoms with Crippen LogP contribution in [0.4, 0.5) is 11.5 Å². The van der Waals surface area contributed by atoms with E-state index < -0.39 is 6.04 Å². The molecule has 1 aliphatic heterocycles. The van der Waals surface area contributed by atoms with Gasteiger partial charge >= 0.3 is 0 Å². The molecule has 39 heavy (non-hydrogen) atoms. The lowest BCUT2D eigenvalue weighted by atomic mass is 10.1. The van der Waals surface area contributed by atoms with Crippen LogP contribution in [0.3, 0.4) is 0 Å². The normalized spacial score (nSPS) is 16.8. The van der Waals surface area contributed by atoms with E-state index in [-0.39, 0.29) is 41.3 Å². The summed E-state index contributed by atoms with van der Waals surface area (Å²) in [6.45, 7) is 0.141. The van der Waals surface area contributed by atoms with Crippen LogP contribution >= 0.6 is 22.9 Å². The van der Waals surface area contributed by atoms with Crippen LogP contribution in [0, 0.1) is 0 Å². The summed E-state index contributed by atoms with van der Waals surface area (Å²) >= 11 is 7.98. The molecule has 0 bridgehead atoms. The third kappa shape index (κ3) is 5.41. The second kappa shape index (κ2) is 10.6. The number of pyridine rings is 2. The van der Waals surface area contributed by atoms with Crippen LogP contribution in [0.5, 0.6) is 0 Å². The molecule has 1 atom stereocenters. The largest absolute Gasteiger partial charge is 0.323 e. The molecule has 2 aliphatic rings. The highest BCUT2D eigenvalue weighted by Crippen LogP contribution is 2.46. The van der Waals surface area contributed by atoms with E-state index in [9.17, 15) is 14.4 Å². The number of thiophene rings is 1. The van der Waals surface area contributed by atoms with Gasteiger partial charge in [0.25, 0.3) is 11.8 Å². The Bertz CT molecular complexity index is 1560.